The largest absolute Gasteiger partial charge is 0.508 e. The van der Waals surface area contributed by atoms with Crippen molar-refractivity contribution >= 4 is 17.6 Å². The Kier molecular flexibility index (Phi) is 8.07. The molecule has 2 aromatic carbocycles. The van der Waals surface area contributed by atoms with E-state index >= 15 is 0 Å². The summed E-state index contributed by atoms with van der Waals surface area (Å²) in [5, 5.41) is 17.1. The van der Waals surface area contributed by atoms with E-state index in [9.17, 15) is 5.11 Å². The minimum absolute atomic E-state index is 0.195. The van der Waals surface area contributed by atoms with Gasteiger partial charge in [0.2, 0.25) is 0 Å². The van der Waals surface area contributed by atoms with Gasteiger partial charge >= 0.3 is 0 Å². The molecule has 6 nitrogen and oxygen atoms in total. The molecule has 2 rings (SSSR count). The standard InChI is InChI=1S/C20H26ClN3O3/c1-4-22-20(24-13-15-11-16(26-2)7-8-19(15)25)23-10-9-14-5-6-17(27-3)12-18(14)21/h5-8,11-12,25H,4,9-10,13H2,1-3H3,(H2,22,23,24). The van der Waals surface area contributed by atoms with Gasteiger partial charge in [-0.15, -0.1) is 0 Å². The summed E-state index contributed by atoms with van der Waals surface area (Å²) in [6.07, 6.45) is 0.748. The van der Waals surface area contributed by atoms with Crippen LogP contribution in [0.15, 0.2) is 41.4 Å². The zero-order chi connectivity index (χ0) is 19.6. The highest BCUT2D eigenvalue weighted by molar-refractivity contribution is 6.31. The van der Waals surface area contributed by atoms with Crippen molar-refractivity contribution in [2.24, 2.45) is 4.99 Å². The molecule has 0 radical (unpaired) electrons. The second kappa shape index (κ2) is 10.5. The summed E-state index contributed by atoms with van der Waals surface area (Å²) < 4.78 is 10.4. The summed E-state index contributed by atoms with van der Waals surface area (Å²) in [6.45, 7) is 3.74. The summed E-state index contributed by atoms with van der Waals surface area (Å²) in [5.74, 6) is 2.29. The van der Waals surface area contributed by atoms with Crippen molar-refractivity contribution in [1.82, 2.24) is 10.6 Å². The number of phenolic OH excluding ortho intramolecular Hbond substituents is 1. The normalized spacial score (nSPS) is 11.2. The Bertz CT molecular complexity index is 781. The number of halogens is 1. The molecule has 0 bridgehead atoms. The first-order valence-corrected chi connectivity index (χ1v) is 9.15. The number of hydrogen-bond donors (Lipinski definition) is 3. The predicted octanol–water partition coefficient (Wildman–Crippen LogP) is 3.36. The Morgan fingerprint density at radius 3 is 2.41 bits per heavy atom. The molecule has 3 N–H and O–H groups in total. The van der Waals surface area contributed by atoms with E-state index in [-0.39, 0.29) is 5.75 Å². The molecule has 0 aromatic heterocycles. The third-order valence-corrected chi connectivity index (χ3v) is 4.34. The third-order valence-electron chi connectivity index (χ3n) is 3.99. The van der Waals surface area contributed by atoms with Crippen LogP contribution in [0.25, 0.3) is 0 Å². The van der Waals surface area contributed by atoms with Crippen molar-refractivity contribution in [1.29, 1.82) is 0 Å². The number of aromatic hydroxyl groups is 1. The quantitative estimate of drug-likeness (QED) is 0.475. The molecule has 7 heteroatoms. The average molecular weight is 392 g/mol. The molecule has 0 amide bonds. The van der Waals surface area contributed by atoms with Gasteiger partial charge in [0.15, 0.2) is 5.96 Å². The van der Waals surface area contributed by atoms with Crippen molar-refractivity contribution in [2.75, 3.05) is 27.3 Å². The molecule has 0 saturated heterocycles. The van der Waals surface area contributed by atoms with Gasteiger partial charge in [-0.25, -0.2) is 4.99 Å². The maximum absolute atomic E-state index is 9.98. The molecule has 0 spiro atoms. The van der Waals surface area contributed by atoms with Crippen LogP contribution in [-0.2, 0) is 13.0 Å². The smallest absolute Gasteiger partial charge is 0.191 e. The second-order valence-electron chi connectivity index (χ2n) is 5.82. The number of benzene rings is 2. The van der Waals surface area contributed by atoms with Crippen molar-refractivity contribution in [3.05, 3.63) is 52.5 Å². The molecule has 0 saturated carbocycles. The molecule has 146 valence electrons. The molecule has 0 aliphatic carbocycles. The van der Waals surface area contributed by atoms with Gasteiger partial charge in [0.1, 0.15) is 17.2 Å². The number of rotatable bonds is 8. The highest BCUT2D eigenvalue weighted by atomic mass is 35.5. The summed E-state index contributed by atoms with van der Waals surface area (Å²) in [5.41, 5.74) is 1.73. The Labute approximate surface area is 165 Å². The molecule has 0 atom stereocenters. The van der Waals surface area contributed by atoms with Gasteiger partial charge in [-0.05, 0) is 49.2 Å². The summed E-state index contributed by atoms with van der Waals surface area (Å²) in [7, 11) is 3.21. The Morgan fingerprint density at radius 1 is 1.04 bits per heavy atom. The van der Waals surface area contributed by atoms with Crippen molar-refractivity contribution < 1.29 is 14.6 Å². The average Bonchev–Trinajstić information content (AvgIpc) is 2.68. The topological polar surface area (TPSA) is 75.1 Å². The van der Waals surface area contributed by atoms with E-state index in [1.54, 1.807) is 32.4 Å². The number of ether oxygens (including phenoxy) is 2. The number of phenols is 1. The van der Waals surface area contributed by atoms with Crippen molar-refractivity contribution in [3.8, 4) is 17.2 Å². The lowest BCUT2D eigenvalue weighted by Crippen LogP contribution is -2.38. The van der Waals surface area contributed by atoms with E-state index < -0.39 is 0 Å². The fourth-order valence-corrected chi connectivity index (χ4v) is 2.76. The summed E-state index contributed by atoms with van der Waals surface area (Å²) in [4.78, 5) is 4.53. The molecular weight excluding hydrogens is 366 g/mol. The van der Waals surface area contributed by atoms with Crippen molar-refractivity contribution in [3.63, 3.8) is 0 Å². The van der Waals surface area contributed by atoms with Crippen LogP contribution in [0.1, 0.15) is 18.1 Å². The van der Waals surface area contributed by atoms with Crippen LogP contribution in [0.3, 0.4) is 0 Å². The Morgan fingerprint density at radius 2 is 1.74 bits per heavy atom. The van der Waals surface area contributed by atoms with E-state index in [2.05, 4.69) is 15.6 Å². The maximum Gasteiger partial charge on any atom is 0.191 e. The zero-order valence-electron chi connectivity index (χ0n) is 15.9. The van der Waals surface area contributed by atoms with Crippen LogP contribution < -0.4 is 20.1 Å². The van der Waals surface area contributed by atoms with Gasteiger partial charge in [0, 0.05) is 23.7 Å². The number of hydrogen-bond acceptors (Lipinski definition) is 4. The second-order valence-corrected chi connectivity index (χ2v) is 6.23. The molecule has 0 heterocycles. The van der Waals surface area contributed by atoms with Gasteiger partial charge in [0.05, 0.1) is 20.8 Å². The monoisotopic (exact) mass is 391 g/mol. The van der Waals surface area contributed by atoms with Crippen LogP contribution in [0.2, 0.25) is 5.02 Å². The van der Waals surface area contributed by atoms with Gasteiger partial charge in [-0.1, -0.05) is 17.7 Å². The third kappa shape index (κ3) is 6.25. The lowest BCUT2D eigenvalue weighted by Gasteiger charge is -2.13. The van der Waals surface area contributed by atoms with Gasteiger partial charge in [-0.2, -0.15) is 0 Å². The SMILES string of the molecule is CCNC(=NCc1cc(OC)ccc1O)NCCc1ccc(OC)cc1Cl. The summed E-state index contributed by atoms with van der Waals surface area (Å²) >= 11 is 6.28. The molecule has 0 aliphatic heterocycles. The van der Waals surface area contributed by atoms with Crippen molar-refractivity contribution in [2.45, 2.75) is 19.9 Å². The number of aliphatic imine (C=N–C) groups is 1. The maximum atomic E-state index is 9.98. The highest BCUT2D eigenvalue weighted by Gasteiger charge is 2.06. The molecule has 27 heavy (non-hydrogen) atoms. The highest BCUT2D eigenvalue weighted by Crippen LogP contribution is 2.24. The van der Waals surface area contributed by atoms with E-state index in [1.807, 2.05) is 25.1 Å². The molecule has 0 unspecified atom stereocenters. The number of nitrogens with zero attached hydrogens (tertiary/aromatic N) is 1. The predicted molar refractivity (Wildman–Crippen MR) is 109 cm³/mol. The van der Waals surface area contributed by atoms with Gasteiger partial charge < -0.3 is 25.2 Å². The zero-order valence-corrected chi connectivity index (χ0v) is 16.6. The van der Waals surface area contributed by atoms with E-state index in [0.29, 0.717) is 35.4 Å². The first-order chi connectivity index (χ1) is 13.1. The number of nitrogens with one attached hydrogen (secondary N) is 2. The molecular formula is C20H26ClN3O3. The van der Waals surface area contributed by atoms with Gasteiger partial charge in [0.25, 0.3) is 0 Å². The lowest BCUT2D eigenvalue weighted by molar-refractivity contribution is 0.411. The van der Waals surface area contributed by atoms with E-state index in [0.717, 1.165) is 24.3 Å². The minimum Gasteiger partial charge on any atom is -0.508 e. The molecule has 2 aromatic rings. The van der Waals surface area contributed by atoms with Gasteiger partial charge in [-0.3, -0.25) is 0 Å². The summed E-state index contributed by atoms with van der Waals surface area (Å²) in [6, 6.07) is 10.8. The fourth-order valence-electron chi connectivity index (χ4n) is 2.49. The van der Waals surface area contributed by atoms with E-state index in [1.165, 1.54) is 0 Å². The Balaban J connectivity index is 1.97. The molecule has 0 fully saturated rings. The number of methoxy groups -OCH3 is 2. The van der Waals surface area contributed by atoms with E-state index in [4.69, 9.17) is 21.1 Å². The van der Waals surface area contributed by atoms with Crippen LogP contribution in [-0.4, -0.2) is 38.4 Å². The Hall–Kier alpha value is -2.60. The van der Waals surface area contributed by atoms with Crippen LogP contribution in [0, 0.1) is 0 Å². The first kappa shape index (κ1) is 20.7. The molecule has 0 aliphatic rings. The minimum atomic E-state index is 0.195. The van der Waals surface area contributed by atoms with Crippen LogP contribution in [0.4, 0.5) is 0 Å². The van der Waals surface area contributed by atoms with Crippen LogP contribution >= 0.6 is 11.6 Å². The van der Waals surface area contributed by atoms with Crippen LogP contribution in [0.5, 0.6) is 17.2 Å². The first-order valence-electron chi connectivity index (χ1n) is 8.77. The fraction of sp³-hybridized carbons (Fsp3) is 0.350. The lowest BCUT2D eigenvalue weighted by atomic mass is 10.1. The number of guanidine groups is 1.